The largest absolute Gasteiger partial charge is 0.497 e. The summed E-state index contributed by atoms with van der Waals surface area (Å²) >= 11 is 3.41. The van der Waals surface area contributed by atoms with E-state index < -0.39 is 0 Å². The molecular formula is C24H27N3O2S2. The van der Waals surface area contributed by atoms with Crippen LogP contribution >= 0.6 is 23.1 Å². The third kappa shape index (κ3) is 4.58. The lowest BCUT2D eigenvalue weighted by atomic mass is 9.89. The molecule has 3 aromatic rings. The maximum absolute atomic E-state index is 12.6. The molecule has 1 amide bonds. The lowest BCUT2D eigenvalue weighted by Gasteiger charge is -2.18. The van der Waals surface area contributed by atoms with Gasteiger partial charge in [0.05, 0.1) is 12.9 Å². The molecule has 1 N–H and O–H groups in total. The normalized spacial score (nSPS) is 18.1. The minimum absolute atomic E-state index is 0.0262. The average Bonchev–Trinajstić information content (AvgIpc) is 3.57. The van der Waals surface area contributed by atoms with E-state index in [-0.39, 0.29) is 5.91 Å². The van der Waals surface area contributed by atoms with Gasteiger partial charge in [0.1, 0.15) is 21.4 Å². The minimum atomic E-state index is 0.0262. The molecule has 2 heterocycles. The highest BCUT2D eigenvalue weighted by Gasteiger charge is 2.30. The molecule has 0 spiro atoms. The van der Waals surface area contributed by atoms with Gasteiger partial charge in [-0.05, 0) is 61.3 Å². The Bertz CT molecular complexity index is 1110. The SMILES string of the molecule is COc1ccc(CNC(=O)CSc2nc(C3CC3)nc3sc4c(c23)CC[C@@H](C)C4)cc1. The molecule has 31 heavy (non-hydrogen) atoms. The molecule has 1 atom stereocenters. The number of thioether (sulfide) groups is 1. The van der Waals surface area contributed by atoms with Crippen LogP contribution < -0.4 is 10.1 Å². The first-order chi connectivity index (χ1) is 15.1. The van der Waals surface area contributed by atoms with E-state index in [1.54, 1.807) is 18.9 Å². The molecule has 0 bridgehead atoms. The molecule has 5 rings (SSSR count). The average molecular weight is 454 g/mol. The number of thiophene rings is 1. The number of rotatable bonds is 7. The number of aromatic nitrogens is 2. The van der Waals surface area contributed by atoms with Crippen molar-refractivity contribution in [3.05, 3.63) is 46.1 Å². The van der Waals surface area contributed by atoms with E-state index in [2.05, 4.69) is 12.2 Å². The molecule has 1 saturated carbocycles. The van der Waals surface area contributed by atoms with Crippen LogP contribution in [0.4, 0.5) is 0 Å². The first-order valence-electron chi connectivity index (χ1n) is 11.0. The zero-order chi connectivity index (χ0) is 21.4. The Kier molecular flexibility index (Phi) is 5.89. The molecule has 7 heteroatoms. The van der Waals surface area contributed by atoms with Gasteiger partial charge in [-0.1, -0.05) is 30.8 Å². The fraction of sp³-hybridized carbons (Fsp3) is 0.458. The summed E-state index contributed by atoms with van der Waals surface area (Å²) in [4.78, 5) is 25.0. The highest BCUT2D eigenvalue weighted by Crippen LogP contribution is 2.44. The molecule has 2 aliphatic rings. The van der Waals surface area contributed by atoms with E-state index in [0.29, 0.717) is 18.2 Å². The summed E-state index contributed by atoms with van der Waals surface area (Å²) in [7, 11) is 1.65. The van der Waals surface area contributed by atoms with Crippen molar-refractivity contribution in [1.29, 1.82) is 0 Å². The van der Waals surface area contributed by atoms with Gasteiger partial charge in [-0.3, -0.25) is 4.79 Å². The molecule has 1 aromatic carbocycles. The summed E-state index contributed by atoms with van der Waals surface area (Å²) in [6.07, 6.45) is 5.82. The number of carbonyl (C=O) groups is 1. The predicted octanol–water partition coefficient (Wildman–Crippen LogP) is 5.11. The molecule has 1 fully saturated rings. The zero-order valence-electron chi connectivity index (χ0n) is 17.9. The van der Waals surface area contributed by atoms with Crippen LogP contribution in [0.25, 0.3) is 10.2 Å². The van der Waals surface area contributed by atoms with E-state index in [4.69, 9.17) is 14.7 Å². The monoisotopic (exact) mass is 453 g/mol. The van der Waals surface area contributed by atoms with Gasteiger partial charge < -0.3 is 10.1 Å². The van der Waals surface area contributed by atoms with Crippen molar-refractivity contribution in [2.45, 2.75) is 56.5 Å². The molecule has 0 unspecified atom stereocenters. The van der Waals surface area contributed by atoms with Gasteiger partial charge in [0.15, 0.2) is 0 Å². The van der Waals surface area contributed by atoms with Crippen LogP contribution in [-0.2, 0) is 24.2 Å². The number of methoxy groups -OCH3 is 1. The molecule has 2 aromatic heterocycles. The maximum atomic E-state index is 12.6. The Hall–Kier alpha value is -2.12. The summed E-state index contributed by atoms with van der Waals surface area (Å²) in [5, 5.41) is 5.24. The van der Waals surface area contributed by atoms with Gasteiger partial charge in [-0.15, -0.1) is 11.3 Å². The van der Waals surface area contributed by atoms with Gasteiger partial charge in [0.2, 0.25) is 5.91 Å². The molecule has 0 radical (unpaired) electrons. The Morgan fingerprint density at radius 3 is 2.77 bits per heavy atom. The Balaban J connectivity index is 1.31. The number of ether oxygens (including phenoxy) is 1. The number of fused-ring (bicyclic) bond motifs is 3. The number of hydrogen-bond donors (Lipinski definition) is 1. The maximum Gasteiger partial charge on any atom is 0.230 e. The van der Waals surface area contributed by atoms with Crippen LogP contribution in [0.15, 0.2) is 29.3 Å². The first kappa shape index (κ1) is 20.8. The Morgan fingerprint density at radius 1 is 1.23 bits per heavy atom. The highest BCUT2D eigenvalue weighted by molar-refractivity contribution is 8.00. The van der Waals surface area contributed by atoms with Crippen LogP contribution in [0, 0.1) is 5.92 Å². The van der Waals surface area contributed by atoms with Crippen LogP contribution in [0.5, 0.6) is 5.75 Å². The second-order valence-electron chi connectivity index (χ2n) is 8.61. The van der Waals surface area contributed by atoms with Crippen molar-refractivity contribution in [3.63, 3.8) is 0 Å². The van der Waals surface area contributed by atoms with Crippen LogP contribution in [-0.4, -0.2) is 28.7 Å². The summed E-state index contributed by atoms with van der Waals surface area (Å²) in [6, 6.07) is 7.77. The molecule has 0 aliphatic heterocycles. The second-order valence-corrected chi connectivity index (χ2v) is 10.7. The Morgan fingerprint density at radius 2 is 2.03 bits per heavy atom. The quantitative estimate of drug-likeness (QED) is 0.398. The van der Waals surface area contributed by atoms with Crippen molar-refractivity contribution in [2.24, 2.45) is 5.92 Å². The van der Waals surface area contributed by atoms with E-state index in [1.165, 1.54) is 35.1 Å². The Labute approximate surface area is 191 Å². The molecular weight excluding hydrogens is 426 g/mol. The third-order valence-electron chi connectivity index (χ3n) is 6.07. The van der Waals surface area contributed by atoms with Gasteiger partial charge >= 0.3 is 0 Å². The van der Waals surface area contributed by atoms with E-state index >= 15 is 0 Å². The predicted molar refractivity (Wildman–Crippen MR) is 126 cm³/mol. The third-order valence-corrected chi connectivity index (χ3v) is 8.19. The molecule has 5 nitrogen and oxygen atoms in total. The van der Waals surface area contributed by atoms with Crippen LogP contribution in [0.2, 0.25) is 0 Å². The van der Waals surface area contributed by atoms with Crippen molar-refractivity contribution in [3.8, 4) is 5.75 Å². The number of nitrogens with one attached hydrogen (secondary N) is 1. The van der Waals surface area contributed by atoms with Crippen LogP contribution in [0.3, 0.4) is 0 Å². The number of carbonyl (C=O) groups excluding carboxylic acids is 1. The van der Waals surface area contributed by atoms with Crippen molar-refractivity contribution in [2.75, 3.05) is 12.9 Å². The van der Waals surface area contributed by atoms with Crippen molar-refractivity contribution < 1.29 is 9.53 Å². The van der Waals surface area contributed by atoms with Gasteiger partial charge in [-0.25, -0.2) is 9.97 Å². The molecule has 162 valence electrons. The zero-order valence-corrected chi connectivity index (χ0v) is 19.6. The lowest BCUT2D eigenvalue weighted by molar-refractivity contribution is -0.118. The van der Waals surface area contributed by atoms with E-state index in [9.17, 15) is 4.79 Å². The fourth-order valence-corrected chi connectivity index (χ4v) is 6.43. The van der Waals surface area contributed by atoms with Crippen molar-refractivity contribution in [1.82, 2.24) is 15.3 Å². The lowest BCUT2D eigenvalue weighted by Crippen LogP contribution is -2.24. The minimum Gasteiger partial charge on any atom is -0.497 e. The summed E-state index contributed by atoms with van der Waals surface area (Å²) < 4.78 is 5.19. The number of nitrogens with zero attached hydrogens (tertiary/aromatic N) is 2. The number of benzene rings is 1. The smallest absolute Gasteiger partial charge is 0.230 e. The van der Waals surface area contributed by atoms with Gasteiger partial charge in [0, 0.05) is 22.7 Å². The molecule has 2 aliphatic carbocycles. The molecule has 0 saturated heterocycles. The number of amides is 1. The highest BCUT2D eigenvalue weighted by atomic mass is 32.2. The second kappa shape index (κ2) is 8.79. The fourth-order valence-electron chi connectivity index (χ4n) is 4.08. The van der Waals surface area contributed by atoms with Gasteiger partial charge in [0.25, 0.3) is 0 Å². The summed E-state index contributed by atoms with van der Waals surface area (Å²) in [5.41, 5.74) is 2.49. The van der Waals surface area contributed by atoms with Gasteiger partial charge in [-0.2, -0.15) is 0 Å². The number of aryl methyl sites for hydroxylation is 1. The topological polar surface area (TPSA) is 64.1 Å². The van der Waals surface area contributed by atoms with E-state index in [1.807, 2.05) is 35.6 Å². The summed E-state index contributed by atoms with van der Waals surface area (Å²) in [5.74, 6) is 3.42. The standard InChI is InChI=1S/C24H27N3O2S2/c1-14-3-10-18-19(11-14)31-24-21(18)23(26-22(27-24)16-6-7-16)30-13-20(28)25-12-15-4-8-17(29-2)9-5-15/h4-5,8-9,14,16H,3,6-7,10-13H2,1-2H3,(H,25,28)/t14-/m1/s1. The van der Waals surface area contributed by atoms with E-state index in [0.717, 1.165) is 45.8 Å². The number of hydrogen-bond acceptors (Lipinski definition) is 6. The summed E-state index contributed by atoms with van der Waals surface area (Å²) in [6.45, 7) is 2.85. The first-order valence-corrected chi connectivity index (χ1v) is 12.8. The van der Waals surface area contributed by atoms with Crippen molar-refractivity contribution >= 4 is 39.2 Å². The van der Waals surface area contributed by atoms with Crippen LogP contribution in [0.1, 0.15) is 53.9 Å².